The largest absolute Gasteiger partial charge is 0.381 e. The second-order valence-corrected chi connectivity index (χ2v) is 3.40. The van der Waals surface area contributed by atoms with Crippen LogP contribution in [0.4, 0.5) is 0 Å². The van der Waals surface area contributed by atoms with Crippen LogP contribution in [0, 0.1) is 5.92 Å². The average molecular weight is 221 g/mol. The Bertz CT molecular complexity index is 112. The van der Waals surface area contributed by atoms with Crippen LogP contribution in [0.2, 0.25) is 0 Å². The number of halogens is 1. The molecule has 0 aliphatic rings. The molecule has 0 spiro atoms. The molecule has 0 aromatic carbocycles. The van der Waals surface area contributed by atoms with Crippen LogP contribution in [0.5, 0.6) is 0 Å². The summed E-state index contributed by atoms with van der Waals surface area (Å²) in [6.45, 7) is 4.15. The summed E-state index contributed by atoms with van der Waals surface area (Å²) in [4.78, 5) is 0. The molecule has 2 atom stereocenters. The first-order chi connectivity index (χ1) is 5.26. The molecule has 0 aromatic rings. The summed E-state index contributed by atoms with van der Waals surface area (Å²) in [6, 6.07) is 0. The molecule has 66 valence electrons. The Morgan fingerprint density at radius 2 is 2.18 bits per heavy atom. The molecule has 0 aliphatic carbocycles. The molecule has 0 N–H and O–H groups in total. The standard InChI is InChI=1S/C9H17BrO/c1-4-5-9(6-7-10)8(2)11-3/h4-5,8-9H,6-7H2,1-3H3/t8-,9?/m0/s1. The molecular weight excluding hydrogens is 204 g/mol. The molecule has 1 nitrogen and oxygen atoms in total. The van der Waals surface area contributed by atoms with Crippen molar-refractivity contribution in [2.24, 2.45) is 5.92 Å². The minimum atomic E-state index is 0.323. The SMILES string of the molecule is CC=CC(CCBr)[C@H](C)OC. The van der Waals surface area contributed by atoms with Gasteiger partial charge in [-0.25, -0.2) is 0 Å². The van der Waals surface area contributed by atoms with Crippen molar-refractivity contribution in [3.8, 4) is 0 Å². The van der Waals surface area contributed by atoms with Gasteiger partial charge in [-0.1, -0.05) is 28.1 Å². The maximum absolute atomic E-state index is 5.25. The smallest absolute Gasteiger partial charge is 0.0606 e. The monoisotopic (exact) mass is 220 g/mol. The van der Waals surface area contributed by atoms with E-state index in [2.05, 4.69) is 35.0 Å². The zero-order chi connectivity index (χ0) is 8.69. The van der Waals surface area contributed by atoms with Crippen LogP contribution in [0.15, 0.2) is 12.2 Å². The molecule has 0 saturated carbocycles. The van der Waals surface area contributed by atoms with Gasteiger partial charge in [0.1, 0.15) is 0 Å². The van der Waals surface area contributed by atoms with Crippen molar-refractivity contribution < 1.29 is 4.74 Å². The van der Waals surface area contributed by atoms with Crippen molar-refractivity contribution in [1.82, 2.24) is 0 Å². The summed E-state index contributed by atoms with van der Waals surface area (Å²) >= 11 is 3.43. The second-order valence-electron chi connectivity index (χ2n) is 2.61. The predicted molar refractivity (Wildman–Crippen MR) is 53.2 cm³/mol. The lowest BCUT2D eigenvalue weighted by molar-refractivity contribution is 0.0830. The quantitative estimate of drug-likeness (QED) is 0.512. The van der Waals surface area contributed by atoms with E-state index in [-0.39, 0.29) is 0 Å². The zero-order valence-corrected chi connectivity index (χ0v) is 9.10. The van der Waals surface area contributed by atoms with Gasteiger partial charge in [0.15, 0.2) is 0 Å². The topological polar surface area (TPSA) is 9.23 Å². The van der Waals surface area contributed by atoms with Gasteiger partial charge in [0.05, 0.1) is 6.10 Å². The number of ether oxygens (including phenoxy) is 1. The fourth-order valence-electron chi connectivity index (χ4n) is 1.04. The number of alkyl halides is 1. The van der Waals surface area contributed by atoms with E-state index < -0.39 is 0 Å². The van der Waals surface area contributed by atoms with Crippen LogP contribution in [-0.2, 0) is 4.74 Å². The summed E-state index contributed by atoms with van der Waals surface area (Å²) in [5.74, 6) is 0.546. The number of methoxy groups -OCH3 is 1. The third-order valence-corrected chi connectivity index (χ3v) is 2.31. The van der Waals surface area contributed by atoms with Crippen molar-refractivity contribution in [1.29, 1.82) is 0 Å². The molecule has 0 rings (SSSR count). The van der Waals surface area contributed by atoms with E-state index in [0.717, 1.165) is 11.8 Å². The molecule has 0 aromatic heterocycles. The van der Waals surface area contributed by atoms with Crippen LogP contribution in [0.25, 0.3) is 0 Å². The third-order valence-electron chi connectivity index (χ3n) is 1.86. The lowest BCUT2D eigenvalue weighted by Crippen LogP contribution is -2.17. The van der Waals surface area contributed by atoms with Crippen LogP contribution in [0.3, 0.4) is 0 Å². The lowest BCUT2D eigenvalue weighted by Gasteiger charge is -2.18. The van der Waals surface area contributed by atoms with Crippen molar-refractivity contribution in [3.05, 3.63) is 12.2 Å². The maximum atomic E-state index is 5.25. The number of rotatable bonds is 5. The van der Waals surface area contributed by atoms with Gasteiger partial charge in [-0.15, -0.1) is 0 Å². The summed E-state index contributed by atoms with van der Waals surface area (Å²) in [5.41, 5.74) is 0. The van der Waals surface area contributed by atoms with E-state index in [1.165, 1.54) is 0 Å². The average Bonchev–Trinajstić information content (AvgIpc) is 2.03. The van der Waals surface area contributed by atoms with Crippen molar-refractivity contribution in [2.45, 2.75) is 26.4 Å². The van der Waals surface area contributed by atoms with Gasteiger partial charge in [0.25, 0.3) is 0 Å². The third kappa shape index (κ3) is 4.59. The first kappa shape index (κ1) is 11.2. The van der Waals surface area contributed by atoms with Crippen LogP contribution >= 0.6 is 15.9 Å². The molecule has 0 bridgehead atoms. The highest BCUT2D eigenvalue weighted by molar-refractivity contribution is 9.09. The molecule has 0 aliphatic heterocycles. The van der Waals surface area contributed by atoms with Gasteiger partial charge in [0, 0.05) is 18.4 Å². The normalized spacial score (nSPS) is 17.1. The summed E-state index contributed by atoms with van der Waals surface area (Å²) in [7, 11) is 1.76. The van der Waals surface area contributed by atoms with Gasteiger partial charge >= 0.3 is 0 Å². The fraction of sp³-hybridized carbons (Fsp3) is 0.778. The Hall–Kier alpha value is 0.180. The Morgan fingerprint density at radius 1 is 1.55 bits per heavy atom. The first-order valence-corrected chi connectivity index (χ1v) is 5.10. The fourth-order valence-corrected chi connectivity index (χ4v) is 1.56. The zero-order valence-electron chi connectivity index (χ0n) is 7.51. The molecular formula is C9H17BrO. The molecule has 1 unspecified atom stereocenters. The van der Waals surface area contributed by atoms with E-state index in [1.807, 2.05) is 6.92 Å². The molecule has 11 heavy (non-hydrogen) atoms. The number of allylic oxidation sites excluding steroid dienone is 1. The number of hydrogen-bond acceptors (Lipinski definition) is 1. The van der Waals surface area contributed by atoms with E-state index in [4.69, 9.17) is 4.74 Å². The van der Waals surface area contributed by atoms with Gasteiger partial charge in [-0.2, -0.15) is 0 Å². The van der Waals surface area contributed by atoms with E-state index in [0.29, 0.717) is 12.0 Å². The highest BCUT2D eigenvalue weighted by Gasteiger charge is 2.11. The Balaban J connectivity index is 3.86. The van der Waals surface area contributed by atoms with E-state index in [9.17, 15) is 0 Å². The van der Waals surface area contributed by atoms with Gasteiger partial charge in [0.2, 0.25) is 0 Å². The highest BCUT2D eigenvalue weighted by Crippen LogP contribution is 2.14. The van der Waals surface area contributed by atoms with Crippen LogP contribution in [0.1, 0.15) is 20.3 Å². The second kappa shape index (κ2) is 6.86. The molecule has 0 saturated heterocycles. The predicted octanol–water partition coefficient (Wildman–Crippen LogP) is 3.00. The molecule has 0 fully saturated rings. The Morgan fingerprint density at radius 3 is 2.55 bits per heavy atom. The summed E-state index contributed by atoms with van der Waals surface area (Å²) in [6.07, 6.45) is 5.75. The minimum Gasteiger partial charge on any atom is -0.381 e. The van der Waals surface area contributed by atoms with E-state index >= 15 is 0 Å². The molecule has 0 heterocycles. The van der Waals surface area contributed by atoms with E-state index in [1.54, 1.807) is 7.11 Å². The Labute approximate surface area is 78.0 Å². The van der Waals surface area contributed by atoms with Crippen molar-refractivity contribution >= 4 is 15.9 Å². The van der Waals surface area contributed by atoms with Gasteiger partial charge in [-0.05, 0) is 20.3 Å². The lowest BCUT2D eigenvalue weighted by atomic mass is 10.0. The molecule has 2 heteroatoms. The number of hydrogen-bond donors (Lipinski definition) is 0. The highest BCUT2D eigenvalue weighted by atomic mass is 79.9. The van der Waals surface area contributed by atoms with Crippen molar-refractivity contribution in [2.75, 3.05) is 12.4 Å². The molecule has 0 radical (unpaired) electrons. The summed E-state index contributed by atoms with van der Waals surface area (Å²) in [5, 5.41) is 1.04. The molecule has 0 amide bonds. The van der Waals surface area contributed by atoms with Crippen LogP contribution < -0.4 is 0 Å². The van der Waals surface area contributed by atoms with Crippen molar-refractivity contribution in [3.63, 3.8) is 0 Å². The summed E-state index contributed by atoms with van der Waals surface area (Å²) < 4.78 is 5.25. The van der Waals surface area contributed by atoms with Gasteiger partial charge < -0.3 is 4.74 Å². The maximum Gasteiger partial charge on any atom is 0.0606 e. The van der Waals surface area contributed by atoms with Gasteiger partial charge in [-0.3, -0.25) is 0 Å². The van der Waals surface area contributed by atoms with Crippen LogP contribution in [-0.4, -0.2) is 18.5 Å². The Kier molecular flexibility index (Phi) is 6.98. The first-order valence-electron chi connectivity index (χ1n) is 3.97. The minimum absolute atomic E-state index is 0.323.